The van der Waals surface area contributed by atoms with E-state index in [0.717, 1.165) is 5.56 Å². The lowest BCUT2D eigenvalue weighted by molar-refractivity contribution is -0.121. The Balaban J connectivity index is 1.90. The fourth-order valence-corrected chi connectivity index (χ4v) is 4.03. The highest BCUT2D eigenvalue weighted by molar-refractivity contribution is 8.26. The van der Waals surface area contributed by atoms with Crippen LogP contribution in [0.5, 0.6) is 0 Å². The Kier molecular flexibility index (Phi) is 4.82. The number of halogens is 2. The van der Waals surface area contributed by atoms with Crippen LogP contribution in [0.1, 0.15) is 12.7 Å². The van der Waals surface area contributed by atoms with Crippen LogP contribution < -0.4 is 0 Å². The highest BCUT2D eigenvalue weighted by Crippen LogP contribution is 2.35. The highest BCUT2D eigenvalue weighted by Gasteiger charge is 2.30. The van der Waals surface area contributed by atoms with Crippen molar-refractivity contribution in [2.75, 3.05) is 6.54 Å². The van der Waals surface area contributed by atoms with E-state index in [2.05, 4.69) is 0 Å². The van der Waals surface area contributed by atoms with Crippen LogP contribution in [0.3, 0.4) is 0 Å². The largest absolute Gasteiger partial charge is 0.457 e. The summed E-state index contributed by atoms with van der Waals surface area (Å²) in [5.41, 5.74) is 0.747. The monoisotopic (exact) mass is 383 g/mol. The van der Waals surface area contributed by atoms with Gasteiger partial charge in [-0.05, 0) is 37.3 Å². The molecule has 0 saturated carbocycles. The van der Waals surface area contributed by atoms with E-state index in [1.807, 2.05) is 13.0 Å². The van der Waals surface area contributed by atoms with Crippen LogP contribution in [0.25, 0.3) is 17.4 Å². The van der Waals surface area contributed by atoms with Gasteiger partial charge in [0.15, 0.2) is 0 Å². The summed E-state index contributed by atoms with van der Waals surface area (Å²) < 4.78 is 6.34. The fraction of sp³-hybridized carbons (Fsp3) is 0.125. The smallest absolute Gasteiger partial charge is 0.266 e. The number of rotatable bonds is 3. The number of amides is 1. The summed E-state index contributed by atoms with van der Waals surface area (Å²) in [5, 5.41) is 1.07. The van der Waals surface area contributed by atoms with Crippen LogP contribution in [0.15, 0.2) is 39.7 Å². The topological polar surface area (TPSA) is 33.5 Å². The minimum absolute atomic E-state index is 0.0926. The predicted octanol–water partition coefficient (Wildman–Crippen LogP) is 5.47. The number of furan rings is 1. The Bertz CT molecular complexity index is 829. The van der Waals surface area contributed by atoms with E-state index in [1.165, 1.54) is 11.8 Å². The SMILES string of the molecule is CCN1C(=O)/C(=C\c2ccc(-c3ccc(Cl)cc3Cl)o2)SC1=S. The number of thioether (sulfide) groups is 1. The number of hydrogen-bond acceptors (Lipinski definition) is 4. The second-order valence-corrected chi connectivity index (χ2v) is 7.27. The average molecular weight is 384 g/mol. The minimum atomic E-state index is -0.0926. The molecule has 1 amide bonds. The Labute approximate surface area is 153 Å². The lowest BCUT2D eigenvalue weighted by Gasteiger charge is -2.09. The zero-order chi connectivity index (χ0) is 16.6. The molecule has 0 spiro atoms. The van der Waals surface area contributed by atoms with Gasteiger partial charge in [-0.3, -0.25) is 9.69 Å². The normalized spacial score (nSPS) is 16.7. The van der Waals surface area contributed by atoms with Crippen molar-refractivity contribution in [2.24, 2.45) is 0 Å². The van der Waals surface area contributed by atoms with E-state index in [4.69, 9.17) is 39.8 Å². The van der Waals surface area contributed by atoms with Crippen molar-refractivity contribution in [3.05, 3.63) is 51.0 Å². The quantitative estimate of drug-likeness (QED) is 0.519. The molecule has 1 fully saturated rings. The van der Waals surface area contributed by atoms with E-state index >= 15 is 0 Å². The molecule has 118 valence electrons. The molecule has 1 aromatic heterocycles. The second kappa shape index (κ2) is 6.69. The summed E-state index contributed by atoms with van der Waals surface area (Å²) in [7, 11) is 0. The number of carbonyl (C=O) groups is 1. The van der Waals surface area contributed by atoms with Gasteiger partial charge >= 0.3 is 0 Å². The van der Waals surface area contributed by atoms with Crippen molar-refractivity contribution in [2.45, 2.75) is 6.92 Å². The first kappa shape index (κ1) is 16.6. The Hall–Kier alpha value is -1.27. The Morgan fingerprint density at radius 3 is 2.74 bits per heavy atom. The first-order valence-corrected chi connectivity index (χ1v) is 8.78. The molecule has 3 rings (SSSR count). The molecule has 2 heterocycles. The van der Waals surface area contributed by atoms with E-state index in [1.54, 1.807) is 35.2 Å². The number of benzene rings is 1. The number of thiocarbonyl (C=S) groups is 1. The van der Waals surface area contributed by atoms with Crippen molar-refractivity contribution in [1.29, 1.82) is 0 Å². The molecule has 1 aliphatic rings. The molecule has 7 heteroatoms. The van der Waals surface area contributed by atoms with Gasteiger partial charge in [-0.15, -0.1) is 0 Å². The predicted molar refractivity (Wildman–Crippen MR) is 99.7 cm³/mol. The molecule has 23 heavy (non-hydrogen) atoms. The van der Waals surface area contributed by atoms with E-state index in [0.29, 0.717) is 37.3 Å². The molecule has 1 aliphatic heterocycles. The molecule has 1 aromatic carbocycles. The van der Waals surface area contributed by atoms with Gasteiger partial charge in [-0.1, -0.05) is 47.2 Å². The molecule has 0 aliphatic carbocycles. The number of hydrogen-bond donors (Lipinski definition) is 0. The third-order valence-corrected chi connectivity index (χ3v) is 5.21. The lowest BCUT2D eigenvalue weighted by Crippen LogP contribution is -2.27. The lowest BCUT2D eigenvalue weighted by atomic mass is 10.2. The Morgan fingerprint density at radius 2 is 2.09 bits per heavy atom. The van der Waals surface area contributed by atoms with Gasteiger partial charge in [-0.2, -0.15) is 0 Å². The molecule has 0 unspecified atom stereocenters. The molecule has 3 nitrogen and oxygen atoms in total. The van der Waals surface area contributed by atoms with Crippen molar-refractivity contribution < 1.29 is 9.21 Å². The maximum absolute atomic E-state index is 12.2. The molecule has 0 atom stereocenters. The fourth-order valence-electron chi connectivity index (χ4n) is 2.17. The van der Waals surface area contributed by atoms with Gasteiger partial charge < -0.3 is 4.42 Å². The van der Waals surface area contributed by atoms with Crippen LogP contribution in [0.2, 0.25) is 10.0 Å². The van der Waals surface area contributed by atoms with Crippen LogP contribution in [0, 0.1) is 0 Å². The van der Waals surface area contributed by atoms with Crippen molar-refractivity contribution >= 4 is 63.5 Å². The van der Waals surface area contributed by atoms with Crippen LogP contribution in [0.4, 0.5) is 0 Å². The van der Waals surface area contributed by atoms with Gasteiger partial charge in [0.1, 0.15) is 15.8 Å². The van der Waals surface area contributed by atoms with Gasteiger partial charge in [0.2, 0.25) is 0 Å². The molecule has 0 N–H and O–H groups in total. The molecule has 0 radical (unpaired) electrons. The molecule has 2 aromatic rings. The van der Waals surface area contributed by atoms with E-state index in [-0.39, 0.29) is 5.91 Å². The summed E-state index contributed by atoms with van der Waals surface area (Å²) >= 11 is 18.5. The summed E-state index contributed by atoms with van der Waals surface area (Å²) in [5.74, 6) is 1.09. The summed E-state index contributed by atoms with van der Waals surface area (Å²) in [4.78, 5) is 14.3. The molecule has 1 saturated heterocycles. The number of nitrogens with zero attached hydrogens (tertiary/aromatic N) is 1. The van der Waals surface area contributed by atoms with Gasteiger partial charge in [-0.25, -0.2) is 0 Å². The summed E-state index contributed by atoms with van der Waals surface area (Å²) in [6.45, 7) is 2.45. The Morgan fingerprint density at radius 1 is 1.30 bits per heavy atom. The van der Waals surface area contributed by atoms with E-state index in [9.17, 15) is 4.79 Å². The third kappa shape index (κ3) is 3.33. The zero-order valence-electron chi connectivity index (χ0n) is 12.0. The minimum Gasteiger partial charge on any atom is -0.457 e. The average Bonchev–Trinajstić information content (AvgIpc) is 3.05. The van der Waals surface area contributed by atoms with Crippen LogP contribution in [-0.2, 0) is 4.79 Å². The maximum atomic E-state index is 12.2. The summed E-state index contributed by atoms with van der Waals surface area (Å²) in [6, 6.07) is 8.80. The van der Waals surface area contributed by atoms with Gasteiger partial charge in [0.25, 0.3) is 5.91 Å². The molecular formula is C16H11Cl2NO2S2. The standard InChI is InChI=1S/C16H11Cl2NO2S2/c1-2-19-15(20)14(23-16(19)22)8-10-4-6-13(21-10)11-5-3-9(17)7-12(11)18/h3-8H,2H2,1H3/b14-8+. The molecular weight excluding hydrogens is 373 g/mol. The van der Waals surface area contributed by atoms with Crippen molar-refractivity contribution in [3.63, 3.8) is 0 Å². The van der Waals surface area contributed by atoms with Crippen LogP contribution >= 0.6 is 47.2 Å². The maximum Gasteiger partial charge on any atom is 0.266 e. The summed E-state index contributed by atoms with van der Waals surface area (Å²) in [6.07, 6.45) is 1.70. The van der Waals surface area contributed by atoms with E-state index < -0.39 is 0 Å². The highest BCUT2D eigenvalue weighted by atomic mass is 35.5. The number of carbonyl (C=O) groups excluding carboxylic acids is 1. The molecule has 0 bridgehead atoms. The zero-order valence-corrected chi connectivity index (χ0v) is 15.2. The first-order chi connectivity index (χ1) is 11.0. The third-order valence-electron chi connectivity index (χ3n) is 3.29. The first-order valence-electron chi connectivity index (χ1n) is 6.80. The van der Waals surface area contributed by atoms with Crippen LogP contribution in [-0.4, -0.2) is 21.7 Å². The van der Waals surface area contributed by atoms with Crippen molar-refractivity contribution in [3.8, 4) is 11.3 Å². The van der Waals surface area contributed by atoms with Gasteiger partial charge in [0, 0.05) is 23.2 Å². The van der Waals surface area contributed by atoms with Gasteiger partial charge in [0.05, 0.1) is 9.93 Å². The second-order valence-electron chi connectivity index (χ2n) is 4.75. The number of likely N-dealkylation sites (N-methyl/N-ethyl adjacent to an activating group) is 1. The van der Waals surface area contributed by atoms with Crippen molar-refractivity contribution in [1.82, 2.24) is 4.90 Å².